The van der Waals surface area contributed by atoms with Crippen molar-refractivity contribution in [3.8, 4) is 5.75 Å². The van der Waals surface area contributed by atoms with Crippen LogP contribution < -0.4 is 10.1 Å². The van der Waals surface area contributed by atoms with Crippen molar-refractivity contribution in [2.75, 3.05) is 53.5 Å². The van der Waals surface area contributed by atoms with Crippen LogP contribution in [-0.2, 0) is 17.9 Å². The first-order chi connectivity index (χ1) is 15.7. The van der Waals surface area contributed by atoms with E-state index in [0.717, 1.165) is 56.5 Å². The van der Waals surface area contributed by atoms with Gasteiger partial charge in [-0.25, -0.2) is 4.99 Å². The van der Waals surface area contributed by atoms with Gasteiger partial charge in [0.1, 0.15) is 12.4 Å². The molecule has 6 nitrogen and oxygen atoms in total. The van der Waals surface area contributed by atoms with Crippen molar-refractivity contribution in [2.24, 2.45) is 10.9 Å². The van der Waals surface area contributed by atoms with Gasteiger partial charge in [0.15, 0.2) is 5.96 Å². The molecule has 1 aliphatic heterocycles. The molecule has 0 bridgehead atoms. The Morgan fingerprint density at radius 3 is 2.64 bits per heavy atom. The summed E-state index contributed by atoms with van der Waals surface area (Å²) in [7, 11) is 4.11. The van der Waals surface area contributed by atoms with Crippen LogP contribution in [0.25, 0.3) is 0 Å². The highest BCUT2D eigenvalue weighted by Gasteiger charge is 2.25. The number of hydrogen-bond acceptors (Lipinski definition) is 4. The number of likely N-dealkylation sites (tertiary alicyclic amines) is 1. The van der Waals surface area contributed by atoms with Crippen molar-refractivity contribution in [2.45, 2.75) is 26.5 Å². The first kappa shape index (κ1) is 27.4. The average Bonchev–Trinajstić information content (AvgIpc) is 3.27. The van der Waals surface area contributed by atoms with Crippen LogP contribution in [-0.4, -0.2) is 69.2 Å². The maximum Gasteiger partial charge on any atom is 0.194 e. The Kier molecular flexibility index (Phi) is 12.6. The lowest BCUT2D eigenvalue weighted by Crippen LogP contribution is -2.40. The van der Waals surface area contributed by atoms with E-state index in [1.165, 1.54) is 5.56 Å². The van der Waals surface area contributed by atoms with Gasteiger partial charge in [0.25, 0.3) is 0 Å². The Labute approximate surface area is 216 Å². The number of nitrogens with zero attached hydrogens (tertiary/aromatic N) is 3. The highest BCUT2D eigenvalue weighted by atomic mass is 127. The Morgan fingerprint density at radius 2 is 1.88 bits per heavy atom. The molecule has 33 heavy (non-hydrogen) atoms. The fourth-order valence-corrected chi connectivity index (χ4v) is 3.78. The number of hydrogen-bond donors (Lipinski definition) is 1. The number of benzene rings is 2. The molecule has 1 unspecified atom stereocenters. The van der Waals surface area contributed by atoms with Crippen LogP contribution in [0.2, 0.25) is 0 Å². The largest absolute Gasteiger partial charge is 0.492 e. The van der Waals surface area contributed by atoms with Gasteiger partial charge in [-0.15, -0.1) is 24.0 Å². The third-order valence-corrected chi connectivity index (χ3v) is 5.55. The van der Waals surface area contributed by atoms with Crippen LogP contribution in [0.15, 0.2) is 59.6 Å². The molecule has 3 rings (SSSR count). The first-order valence-electron chi connectivity index (χ1n) is 11.7. The van der Waals surface area contributed by atoms with E-state index in [0.29, 0.717) is 25.7 Å². The molecule has 0 aliphatic carbocycles. The van der Waals surface area contributed by atoms with Gasteiger partial charge in [0, 0.05) is 37.7 Å². The maximum atomic E-state index is 6.00. The van der Waals surface area contributed by atoms with Crippen LogP contribution in [0.4, 0.5) is 0 Å². The zero-order valence-electron chi connectivity index (χ0n) is 20.2. The third-order valence-electron chi connectivity index (χ3n) is 5.55. The molecule has 1 saturated heterocycles. The van der Waals surface area contributed by atoms with Crippen molar-refractivity contribution in [3.63, 3.8) is 0 Å². The van der Waals surface area contributed by atoms with Crippen molar-refractivity contribution in [1.82, 2.24) is 15.1 Å². The number of guanidine groups is 1. The van der Waals surface area contributed by atoms with Gasteiger partial charge < -0.3 is 24.6 Å². The predicted octanol–water partition coefficient (Wildman–Crippen LogP) is 4.25. The van der Waals surface area contributed by atoms with E-state index in [4.69, 9.17) is 14.5 Å². The second-order valence-corrected chi connectivity index (χ2v) is 8.53. The van der Waals surface area contributed by atoms with E-state index in [-0.39, 0.29) is 24.0 Å². The number of nitrogens with one attached hydrogen (secondary N) is 1. The van der Waals surface area contributed by atoms with Gasteiger partial charge in [0.05, 0.1) is 19.8 Å². The number of para-hydroxylation sites is 1. The molecular weight excluding hydrogens is 527 g/mol. The van der Waals surface area contributed by atoms with Crippen molar-refractivity contribution in [1.29, 1.82) is 0 Å². The maximum absolute atomic E-state index is 6.00. The third kappa shape index (κ3) is 9.51. The summed E-state index contributed by atoms with van der Waals surface area (Å²) in [5.41, 5.74) is 2.34. The van der Waals surface area contributed by atoms with Crippen molar-refractivity contribution < 1.29 is 9.47 Å². The number of aliphatic imine (C=N–C) groups is 1. The monoisotopic (exact) mass is 566 g/mol. The van der Waals surface area contributed by atoms with Gasteiger partial charge >= 0.3 is 0 Å². The normalized spacial score (nSPS) is 16.1. The topological polar surface area (TPSA) is 49.3 Å². The molecule has 0 aromatic heterocycles. The number of halogens is 1. The number of ether oxygens (including phenoxy) is 2. The quantitative estimate of drug-likeness (QED) is 0.251. The van der Waals surface area contributed by atoms with E-state index in [1.54, 1.807) is 0 Å². The zero-order valence-corrected chi connectivity index (χ0v) is 22.5. The van der Waals surface area contributed by atoms with E-state index in [9.17, 15) is 0 Å². The molecule has 1 aliphatic rings. The molecule has 1 atom stereocenters. The lowest BCUT2D eigenvalue weighted by Gasteiger charge is -2.22. The van der Waals surface area contributed by atoms with E-state index in [2.05, 4.69) is 66.5 Å². The zero-order chi connectivity index (χ0) is 22.6. The fraction of sp³-hybridized carbons (Fsp3) is 0.500. The molecule has 182 valence electrons. The van der Waals surface area contributed by atoms with Crippen molar-refractivity contribution in [3.05, 3.63) is 65.7 Å². The molecule has 0 radical (unpaired) electrons. The first-order valence-corrected chi connectivity index (χ1v) is 11.7. The van der Waals surface area contributed by atoms with Gasteiger partial charge in [-0.1, -0.05) is 48.5 Å². The molecule has 0 amide bonds. The average molecular weight is 567 g/mol. The van der Waals surface area contributed by atoms with E-state index in [1.807, 2.05) is 24.3 Å². The lowest BCUT2D eigenvalue weighted by molar-refractivity contribution is 0.0906. The highest BCUT2D eigenvalue weighted by molar-refractivity contribution is 14.0. The van der Waals surface area contributed by atoms with Gasteiger partial charge in [-0.05, 0) is 39.1 Å². The SMILES string of the molecule is CCNC(=NCc1ccccc1OCCN(C)C)N1CCC(COCc2ccccc2)C1.I. The second kappa shape index (κ2) is 15.1. The summed E-state index contributed by atoms with van der Waals surface area (Å²) in [5, 5.41) is 3.46. The molecule has 7 heteroatoms. The summed E-state index contributed by atoms with van der Waals surface area (Å²) < 4.78 is 12.0. The minimum atomic E-state index is 0. The molecule has 1 N–H and O–H groups in total. The molecule has 0 spiro atoms. The summed E-state index contributed by atoms with van der Waals surface area (Å²) in [6.07, 6.45) is 1.13. The standard InChI is InChI=1S/C26H38N4O2.HI/c1-4-27-26(28-18-24-12-8-9-13-25(24)32-17-16-29(2)3)30-15-14-23(19-30)21-31-20-22-10-6-5-7-11-22;/h5-13,23H,4,14-21H2,1-3H3,(H,27,28);1H. The molecule has 2 aromatic rings. The molecule has 2 aromatic carbocycles. The molecule has 1 fully saturated rings. The van der Waals surface area contributed by atoms with Gasteiger partial charge in [0.2, 0.25) is 0 Å². The molecule has 1 heterocycles. The van der Waals surface area contributed by atoms with Crippen LogP contribution in [0, 0.1) is 5.92 Å². The molecular formula is C26H39IN4O2. The van der Waals surface area contributed by atoms with E-state index >= 15 is 0 Å². The van der Waals surface area contributed by atoms with Gasteiger partial charge in [-0.2, -0.15) is 0 Å². The summed E-state index contributed by atoms with van der Waals surface area (Å²) in [5.74, 6) is 2.42. The van der Waals surface area contributed by atoms with Crippen LogP contribution in [0.1, 0.15) is 24.5 Å². The molecule has 0 saturated carbocycles. The highest BCUT2D eigenvalue weighted by Crippen LogP contribution is 2.21. The van der Waals surface area contributed by atoms with Crippen LogP contribution >= 0.6 is 24.0 Å². The lowest BCUT2D eigenvalue weighted by atomic mass is 10.1. The predicted molar refractivity (Wildman–Crippen MR) is 146 cm³/mol. The smallest absolute Gasteiger partial charge is 0.194 e. The summed E-state index contributed by atoms with van der Waals surface area (Å²) >= 11 is 0. The number of rotatable bonds is 11. The minimum absolute atomic E-state index is 0. The van der Waals surface area contributed by atoms with Crippen LogP contribution in [0.5, 0.6) is 5.75 Å². The Hall–Kier alpha value is -1.84. The van der Waals surface area contributed by atoms with E-state index < -0.39 is 0 Å². The second-order valence-electron chi connectivity index (χ2n) is 8.53. The minimum Gasteiger partial charge on any atom is -0.492 e. The summed E-state index contributed by atoms with van der Waals surface area (Å²) in [6.45, 7) is 8.57. The Bertz CT molecular complexity index is 832. The summed E-state index contributed by atoms with van der Waals surface area (Å²) in [4.78, 5) is 9.41. The fourth-order valence-electron chi connectivity index (χ4n) is 3.78. The van der Waals surface area contributed by atoms with Crippen LogP contribution in [0.3, 0.4) is 0 Å². The summed E-state index contributed by atoms with van der Waals surface area (Å²) in [6, 6.07) is 18.6. The van der Waals surface area contributed by atoms with Crippen molar-refractivity contribution >= 4 is 29.9 Å². The Morgan fingerprint density at radius 1 is 1.12 bits per heavy atom. The van der Waals surface area contributed by atoms with Gasteiger partial charge in [-0.3, -0.25) is 0 Å². The number of likely N-dealkylation sites (N-methyl/N-ethyl adjacent to an activating group) is 1. The Balaban J connectivity index is 0.00000385.